The normalized spacial score (nSPS) is 10.4. The van der Waals surface area contributed by atoms with Crippen LogP contribution in [0.1, 0.15) is 19.3 Å². The van der Waals surface area contributed by atoms with Crippen LogP contribution in [0.25, 0.3) is 23.0 Å². The maximum Gasteiger partial charge on any atom is 0.303 e. The Kier molecular flexibility index (Phi) is 6.30. The third-order valence-electron chi connectivity index (χ3n) is 3.86. The van der Waals surface area contributed by atoms with Crippen LogP contribution in [0.3, 0.4) is 0 Å². The summed E-state index contributed by atoms with van der Waals surface area (Å²) in [4.78, 5) is 31.1. The van der Waals surface area contributed by atoms with Gasteiger partial charge in [-0.05, 0) is 30.7 Å². The van der Waals surface area contributed by atoms with Gasteiger partial charge in [0, 0.05) is 32.3 Å². The largest absolute Gasteiger partial charge is 0.481 e. The van der Waals surface area contributed by atoms with E-state index in [9.17, 15) is 9.59 Å². The second-order valence-corrected chi connectivity index (χ2v) is 5.89. The molecule has 0 saturated carbocycles. The van der Waals surface area contributed by atoms with Gasteiger partial charge < -0.3 is 15.7 Å². The van der Waals surface area contributed by atoms with Crippen molar-refractivity contribution in [2.75, 3.05) is 17.7 Å². The van der Waals surface area contributed by atoms with Gasteiger partial charge in [0.05, 0.1) is 11.4 Å². The van der Waals surface area contributed by atoms with E-state index in [1.165, 1.54) is 6.20 Å². The average Bonchev–Trinajstić information content (AvgIpc) is 2.74. The summed E-state index contributed by atoms with van der Waals surface area (Å²) in [7, 11) is 1.76. The summed E-state index contributed by atoms with van der Waals surface area (Å²) >= 11 is 0. The van der Waals surface area contributed by atoms with Crippen LogP contribution in [0.15, 0.2) is 36.7 Å². The minimum absolute atomic E-state index is 0.0728. The number of pyridine rings is 2. The lowest BCUT2D eigenvalue weighted by Gasteiger charge is -2.09. The van der Waals surface area contributed by atoms with Crippen molar-refractivity contribution in [3.8, 4) is 23.0 Å². The Balaban J connectivity index is 1.79. The first kappa shape index (κ1) is 19.7. The predicted octanol–water partition coefficient (Wildman–Crippen LogP) is 1.63. The first-order valence-electron chi connectivity index (χ1n) is 8.76. The molecule has 3 heterocycles. The molecule has 0 radical (unpaired) electrons. The van der Waals surface area contributed by atoms with Crippen molar-refractivity contribution < 1.29 is 14.7 Å². The molecule has 0 atom stereocenters. The summed E-state index contributed by atoms with van der Waals surface area (Å²) in [6, 6.07) is 6.91. The minimum Gasteiger partial charge on any atom is -0.481 e. The first-order valence-corrected chi connectivity index (χ1v) is 8.76. The Labute approximate surface area is 165 Å². The maximum absolute atomic E-state index is 12.1. The van der Waals surface area contributed by atoms with Gasteiger partial charge in [-0.2, -0.15) is 0 Å². The van der Waals surface area contributed by atoms with Crippen LogP contribution in [-0.4, -0.2) is 54.4 Å². The Morgan fingerprint density at radius 1 is 0.897 bits per heavy atom. The molecule has 29 heavy (non-hydrogen) atoms. The Morgan fingerprint density at radius 2 is 1.45 bits per heavy atom. The highest BCUT2D eigenvalue weighted by molar-refractivity contribution is 5.94. The fourth-order valence-electron chi connectivity index (χ4n) is 2.50. The van der Waals surface area contributed by atoms with E-state index in [1.54, 1.807) is 31.4 Å². The van der Waals surface area contributed by atoms with Crippen LogP contribution < -0.4 is 10.6 Å². The quantitative estimate of drug-likeness (QED) is 0.513. The lowest BCUT2D eigenvalue weighted by Crippen LogP contribution is -2.13. The summed E-state index contributed by atoms with van der Waals surface area (Å²) in [5, 5.41) is 30.7. The van der Waals surface area contributed by atoms with E-state index in [4.69, 9.17) is 5.11 Å². The standard InChI is InChI=1S/C18H18N8O3/c1-19-11-5-3-9-20-15(11)17-23-25-18(26-24-17)16-12(6-4-10-21-16)22-13(27)7-2-8-14(28)29/h3-6,9-10,19H,2,7-8H2,1H3,(H,22,27)(H,28,29). The molecule has 3 aromatic rings. The average molecular weight is 394 g/mol. The summed E-state index contributed by atoms with van der Waals surface area (Å²) < 4.78 is 0. The molecule has 0 aliphatic heterocycles. The SMILES string of the molecule is CNc1cccnc1-c1nnc(-c2ncccc2NC(=O)CCCC(=O)O)nn1. The van der Waals surface area contributed by atoms with Gasteiger partial charge in [-0.1, -0.05) is 0 Å². The van der Waals surface area contributed by atoms with Gasteiger partial charge in [-0.3, -0.25) is 19.6 Å². The van der Waals surface area contributed by atoms with Crippen LogP contribution in [0, 0.1) is 0 Å². The first-order chi connectivity index (χ1) is 14.1. The molecule has 0 spiro atoms. The van der Waals surface area contributed by atoms with Gasteiger partial charge in [0.25, 0.3) is 0 Å². The topological polar surface area (TPSA) is 156 Å². The molecule has 0 saturated heterocycles. The molecule has 0 unspecified atom stereocenters. The number of carboxylic acid groups (broad SMARTS) is 1. The number of hydrogen-bond acceptors (Lipinski definition) is 9. The number of amides is 1. The minimum atomic E-state index is -0.945. The van der Waals surface area contributed by atoms with E-state index in [1.807, 2.05) is 6.07 Å². The second kappa shape index (κ2) is 9.26. The summed E-state index contributed by atoms with van der Waals surface area (Å²) in [5.74, 6) is -0.893. The van der Waals surface area contributed by atoms with Crippen LogP contribution in [0.2, 0.25) is 0 Å². The molecular weight excluding hydrogens is 376 g/mol. The number of nitrogens with zero attached hydrogens (tertiary/aromatic N) is 6. The number of carbonyl (C=O) groups excluding carboxylic acids is 1. The molecule has 3 N–H and O–H groups in total. The van der Waals surface area contributed by atoms with Gasteiger partial charge in [-0.25, -0.2) is 0 Å². The lowest BCUT2D eigenvalue weighted by atomic mass is 10.2. The number of hydrogen-bond donors (Lipinski definition) is 3. The van der Waals surface area contributed by atoms with E-state index < -0.39 is 5.97 Å². The van der Waals surface area contributed by atoms with Crippen molar-refractivity contribution in [3.63, 3.8) is 0 Å². The molecule has 11 nitrogen and oxygen atoms in total. The molecule has 0 bridgehead atoms. The molecular formula is C18H18N8O3. The van der Waals surface area contributed by atoms with Crippen molar-refractivity contribution in [2.24, 2.45) is 0 Å². The van der Waals surface area contributed by atoms with Crippen molar-refractivity contribution in [1.82, 2.24) is 30.4 Å². The van der Waals surface area contributed by atoms with Gasteiger partial charge in [0.1, 0.15) is 11.4 Å². The number of aliphatic carboxylic acids is 1. The molecule has 11 heteroatoms. The van der Waals surface area contributed by atoms with E-state index >= 15 is 0 Å². The molecule has 0 aliphatic carbocycles. The molecule has 1 amide bonds. The van der Waals surface area contributed by atoms with Gasteiger partial charge in [0.2, 0.25) is 17.6 Å². The Bertz CT molecular complexity index is 1010. The van der Waals surface area contributed by atoms with E-state index in [0.29, 0.717) is 17.1 Å². The van der Waals surface area contributed by atoms with E-state index in [2.05, 4.69) is 41.0 Å². The van der Waals surface area contributed by atoms with Crippen LogP contribution in [0.5, 0.6) is 0 Å². The molecule has 3 rings (SSSR count). The van der Waals surface area contributed by atoms with Crippen molar-refractivity contribution in [1.29, 1.82) is 0 Å². The second-order valence-electron chi connectivity index (χ2n) is 5.89. The number of carboxylic acids is 1. The number of nitrogens with one attached hydrogen (secondary N) is 2. The third-order valence-corrected chi connectivity index (χ3v) is 3.86. The summed E-state index contributed by atoms with van der Waals surface area (Å²) in [5.41, 5.74) is 1.93. The number of aromatic nitrogens is 6. The van der Waals surface area contributed by atoms with E-state index in [0.717, 1.165) is 5.69 Å². The number of anilines is 2. The highest BCUT2D eigenvalue weighted by Gasteiger charge is 2.15. The zero-order chi connectivity index (χ0) is 20.6. The van der Waals surface area contributed by atoms with Gasteiger partial charge in [-0.15, -0.1) is 20.4 Å². The van der Waals surface area contributed by atoms with Crippen molar-refractivity contribution in [3.05, 3.63) is 36.7 Å². The highest BCUT2D eigenvalue weighted by atomic mass is 16.4. The fourth-order valence-corrected chi connectivity index (χ4v) is 2.50. The molecule has 148 valence electrons. The number of rotatable bonds is 8. The fraction of sp³-hybridized carbons (Fsp3) is 0.222. The monoisotopic (exact) mass is 394 g/mol. The third kappa shape index (κ3) is 5.03. The van der Waals surface area contributed by atoms with Gasteiger partial charge >= 0.3 is 5.97 Å². The molecule has 0 aliphatic rings. The van der Waals surface area contributed by atoms with Gasteiger partial charge in [0.15, 0.2) is 0 Å². The van der Waals surface area contributed by atoms with E-state index in [-0.39, 0.29) is 36.8 Å². The smallest absolute Gasteiger partial charge is 0.303 e. The number of carbonyl (C=O) groups is 2. The zero-order valence-corrected chi connectivity index (χ0v) is 15.5. The summed E-state index contributed by atoms with van der Waals surface area (Å²) in [6.07, 6.45) is 3.38. The van der Waals surface area contributed by atoms with Crippen LogP contribution in [-0.2, 0) is 9.59 Å². The molecule has 0 aromatic carbocycles. The van der Waals surface area contributed by atoms with Crippen LogP contribution in [0.4, 0.5) is 11.4 Å². The zero-order valence-electron chi connectivity index (χ0n) is 15.5. The van der Waals surface area contributed by atoms with Crippen LogP contribution >= 0.6 is 0 Å². The van der Waals surface area contributed by atoms with Crippen molar-refractivity contribution >= 4 is 23.3 Å². The Morgan fingerprint density at radius 3 is 2.00 bits per heavy atom. The summed E-state index contributed by atoms with van der Waals surface area (Å²) in [6.45, 7) is 0. The Hall–Kier alpha value is -4.02. The highest BCUT2D eigenvalue weighted by Crippen LogP contribution is 2.24. The maximum atomic E-state index is 12.1. The predicted molar refractivity (Wildman–Crippen MR) is 104 cm³/mol. The molecule has 3 aromatic heterocycles. The van der Waals surface area contributed by atoms with Crippen molar-refractivity contribution in [2.45, 2.75) is 19.3 Å². The molecule has 0 fully saturated rings. The lowest BCUT2D eigenvalue weighted by molar-refractivity contribution is -0.137.